The Balaban J connectivity index is 1.34. The number of anilines is 1. The van der Waals surface area contributed by atoms with E-state index in [2.05, 4.69) is 97.9 Å². The summed E-state index contributed by atoms with van der Waals surface area (Å²) in [4.78, 5) is 21.5. The van der Waals surface area contributed by atoms with Crippen LogP contribution in [0.2, 0.25) is 0 Å². The summed E-state index contributed by atoms with van der Waals surface area (Å²) in [5.41, 5.74) is 7.45. The lowest BCUT2D eigenvalue weighted by Crippen LogP contribution is -2.44. The van der Waals surface area contributed by atoms with Crippen molar-refractivity contribution in [3.05, 3.63) is 64.2 Å². The molecule has 1 aliphatic heterocycles. The number of halogens is 1. The maximum Gasteiger partial charge on any atom is 0.139 e. The van der Waals surface area contributed by atoms with E-state index in [4.69, 9.17) is 9.97 Å². The topological polar surface area (TPSA) is 63.8 Å². The van der Waals surface area contributed by atoms with Crippen molar-refractivity contribution in [3.63, 3.8) is 0 Å². The van der Waals surface area contributed by atoms with Crippen LogP contribution in [0.15, 0.2) is 60.7 Å². The smallest absolute Gasteiger partial charge is 0.139 e. The van der Waals surface area contributed by atoms with E-state index in [9.17, 15) is 0 Å². The SMILES string of the molecule is CN1CCN(c2ccc3nc(-c4ccc5nc(-c6ccccc6I)[nH]c5c4)[nH]c3c2)CC1. The largest absolute Gasteiger partial charge is 0.369 e. The first-order valence-electron chi connectivity index (χ1n) is 10.8. The molecule has 0 amide bonds. The van der Waals surface area contributed by atoms with Gasteiger partial charge in [0.25, 0.3) is 0 Å². The van der Waals surface area contributed by atoms with E-state index in [1.807, 2.05) is 12.1 Å². The average molecular weight is 534 g/mol. The molecule has 6 nitrogen and oxygen atoms in total. The van der Waals surface area contributed by atoms with Gasteiger partial charge in [0.1, 0.15) is 11.6 Å². The fourth-order valence-corrected chi connectivity index (χ4v) is 4.98. The number of likely N-dealkylation sites (N-methyl/N-ethyl adjacent to an activating group) is 1. The van der Waals surface area contributed by atoms with Crippen LogP contribution < -0.4 is 4.90 Å². The van der Waals surface area contributed by atoms with E-state index in [0.29, 0.717) is 0 Å². The first-order chi connectivity index (χ1) is 15.6. The average Bonchev–Trinajstić information content (AvgIpc) is 3.43. The lowest BCUT2D eigenvalue weighted by atomic mass is 10.2. The van der Waals surface area contributed by atoms with Gasteiger partial charge in [0.05, 0.1) is 22.1 Å². The maximum absolute atomic E-state index is 4.85. The molecular weight excluding hydrogens is 511 g/mol. The monoisotopic (exact) mass is 534 g/mol. The summed E-state index contributed by atoms with van der Waals surface area (Å²) in [5.74, 6) is 1.77. The Hall–Kier alpha value is -2.91. The van der Waals surface area contributed by atoms with Crippen LogP contribution in [0.25, 0.3) is 44.8 Å². The molecule has 0 radical (unpaired) electrons. The third-order valence-corrected chi connectivity index (χ3v) is 7.16. The third-order valence-electron chi connectivity index (χ3n) is 6.22. The Morgan fingerprint density at radius 2 is 1.47 bits per heavy atom. The van der Waals surface area contributed by atoms with Crippen LogP contribution in [0.1, 0.15) is 0 Å². The number of piperazine rings is 1. The predicted molar refractivity (Wildman–Crippen MR) is 139 cm³/mol. The highest BCUT2D eigenvalue weighted by Crippen LogP contribution is 2.29. The quantitative estimate of drug-likeness (QED) is 0.315. The van der Waals surface area contributed by atoms with Gasteiger partial charge in [-0.3, -0.25) is 0 Å². The van der Waals surface area contributed by atoms with E-state index < -0.39 is 0 Å². The Morgan fingerprint density at radius 1 is 0.781 bits per heavy atom. The molecule has 0 saturated carbocycles. The van der Waals surface area contributed by atoms with E-state index in [-0.39, 0.29) is 0 Å². The molecule has 160 valence electrons. The number of aromatic amines is 2. The van der Waals surface area contributed by atoms with Crippen molar-refractivity contribution >= 4 is 50.3 Å². The van der Waals surface area contributed by atoms with Gasteiger partial charge in [-0.15, -0.1) is 0 Å². The zero-order chi connectivity index (χ0) is 21.7. The minimum Gasteiger partial charge on any atom is -0.369 e. The van der Waals surface area contributed by atoms with Gasteiger partial charge in [0.15, 0.2) is 0 Å². The molecular formula is C25H23IN6. The van der Waals surface area contributed by atoms with Crippen molar-refractivity contribution in [2.24, 2.45) is 0 Å². The standard InChI is InChI=1S/C25H23IN6/c1-31-10-12-32(13-11-31)17-7-9-21-23(15-17)29-24(27-21)16-6-8-20-22(14-16)30-25(28-20)18-4-2-3-5-19(18)26/h2-9,14-15H,10-13H2,1H3,(H,27,29)(H,28,30). The van der Waals surface area contributed by atoms with Gasteiger partial charge in [-0.2, -0.15) is 0 Å². The van der Waals surface area contributed by atoms with Gasteiger partial charge >= 0.3 is 0 Å². The highest BCUT2D eigenvalue weighted by atomic mass is 127. The van der Waals surface area contributed by atoms with Crippen molar-refractivity contribution in [1.82, 2.24) is 24.8 Å². The third kappa shape index (κ3) is 3.55. The predicted octanol–water partition coefficient (Wildman–Crippen LogP) is 5.13. The zero-order valence-corrected chi connectivity index (χ0v) is 19.9. The highest BCUT2D eigenvalue weighted by Gasteiger charge is 2.16. The molecule has 3 aromatic carbocycles. The Labute approximate surface area is 199 Å². The molecule has 3 heterocycles. The normalized spacial score (nSPS) is 15.1. The summed E-state index contributed by atoms with van der Waals surface area (Å²) in [6.07, 6.45) is 0. The van der Waals surface area contributed by atoms with Gasteiger partial charge in [-0.1, -0.05) is 18.2 Å². The second kappa shape index (κ2) is 7.90. The van der Waals surface area contributed by atoms with Gasteiger partial charge in [-0.25, -0.2) is 9.97 Å². The Bertz CT molecular complexity index is 1430. The molecule has 0 bridgehead atoms. The number of aromatic nitrogens is 4. The van der Waals surface area contributed by atoms with Gasteiger partial charge in [0, 0.05) is 46.6 Å². The summed E-state index contributed by atoms with van der Waals surface area (Å²) in [7, 11) is 2.18. The fourth-order valence-electron chi connectivity index (χ4n) is 4.33. The number of hydrogen-bond acceptors (Lipinski definition) is 4. The molecule has 32 heavy (non-hydrogen) atoms. The van der Waals surface area contributed by atoms with Gasteiger partial charge < -0.3 is 19.8 Å². The van der Waals surface area contributed by atoms with Crippen molar-refractivity contribution in [1.29, 1.82) is 0 Å². The number of rotatable bonds is 3. The van der Waals surface area contributed by atoms with Crippen LogP contribution in [0.3, 0.4) is 0 Å². The van der Waals surface area contributed by atoms with Crippen LogP contribution in [-0.2, 0) is 0 Å². The molecule has 7 heteroatoms. The fraction of sp³-hybridized carbons (Fsp3) is 0.200. The summed E-state index contributed by atoms with van der Waals surface area (Å²) < 4.78 is 1.18. The van der Waals surface area contributed by atoms with Crippen molar-refractivity contribution in [3.8, 4) is 22.8 Å². The summed E-state index contributed by atoms with van der Waals surface area (Å²) in [6, 6.07) is 21.1. The number of fused-ring (bicyclic) bond motifs is 2. The van der Waals surface area contributed by atoms with E-state index in [1.54, 1.807) is 0 Å². The summed E-state index contributed by atoms with van der Waals surface area (Å²) in [6.45, 7) is 4.31. The number of nitrogens with zero attached hydrogens (tertiary/aromatic N) is 4. The van der Waals surface area contributed by atoms with Crippen LogP contribution in [0.5, 0.6) is 0 Å². The number of H-pyrrole nitrogens is 2. The maximum atomic E-state index is 4.85. The van der Waals surface area contributed by atoms with Crippen LogP contribution in [-0.4, -0.2) is 58.1 Å². The van der Waals surface area contributed by atoms with Crippen molar-refractivity contribution < 1.29 is 0 Å². The first kappa shape index (κ1) is 19.8. The zero-order valence-electron chi connectivity index (χ0n) is 17.8. The molecule has 6 rings (SSSR count). The minimum atomic E-state index is 0.878. The summed E-state index contributed by atoms with van der Waals surface area (Å²) in [5, 5.41) is 0. The lowest BCUT2D eigenvalue weighted by Gasteiger charge is -2.34. The van der Waals surface area contributed by atoms with Gasteiger partial charge in [0.2, 0.25) is 0 Å². The van der Waals surface area contributed by atoms with Crippen LogP contribution >= 0.6 is 22.6 Å². The van der Waals surface area contributed by atoms with E-state index >= 15 is 0 Å². The number of hydrogen-bond donors (Lipinski definition) is 2. The molecule has 5 aromatic rings. The molecule has 2 N–H and O–H groups in total. The van der Waals surface area contributed by atoms with Crippen LogP contribution in [0, 0.1) is 3.57 Å². The number of benzene rings is 3. The minimum absolute atomic E-state index is 0.878. The van der Waals surface area contributed by atoms with Crippen molar-refractivity contribution in [2.45, 2.75) is 0 Å². The van der Waals surface area contributed by atoms with Crippen LogP contribution in [0.4, 0.5) is 5.69 Å². The lowest BCUT2D eigenvalue weighted by molar-refractivity contribution is 0.313. The second-order valence-electron chi connectivity index (χ2n) is 8.37. The molecule has 1 aliphatic rings. The molecule has 1 fully saturated rings. The molecule has 0 spiro atoms. The first-order valence-corrected chi connectivity index (χ1v) is 11.9. The Morgan fingerprint density at radius 3 is 2.28 bits per heavy atom. The van der Waals surface area contributed by atoms with E-state index in [0.717, 1.165) is 71.0 Å². The molecule has 1 saturated heterocycles. The second-order valence-corrected chi connectivity index (χ2v) is 9.54. The van der Waals surface area contributed by atoms with E-state index in [1.165, 1.54) is 9.26 Å². The molecule has 0 aliphatic carbocycles. The number of nitrogens with one attached hydrogen (secondary N) is 2. The molecule has 0 atom stereocenters. The van der Waals surface area contributed by atoms with Crippen molar-refractivity contribution in [2.75, 3.05) is 38.1 Å². The Kier molecular flexibility index (Phi) is 4.87. The summed E-state index contributed by atoms with van der Waals surface area (Å²) >= 11 is 2.35. The molecule has 0 unspecified atom stereocenters. The molecule has 2 aromatic heterocycles. The highest BCUT2D eigenvalue weighted by molar-refractivity contribution is 14.1. The number of imidazole rings is 2. The van der Waals surface area contributed by atoms with Gasteiger partial charge in [-0.05, 0) is 72.1 Å².